The van der Waals surface area contributed by atoms with Crippen LogP contribution in [-0.4, -0.2) is 25.3 Å². The summed E-state index contributed by atoms with van der Waals surface area (Å²) < 4.78 is 5.13. The van der Waals surface area contributed by atoms with Crippen molar-refractivity contribution in [1.82, 2.24) is 10.5 Å². The molecule has 2 rings (SSSR count). The first-order valence-electron chi connectivity index (χ1n) is 4.27. The standard InChI is InChI=1S/C8H13N3O/c1-9-8-6-2-4-10-5-3-7(6)11-12-8/h9-10H,2-5H2,1H3. The van der Waals surface area contributed by atoms with E-state index in [0.717, 1.165) is 37.5 Å². The van der Waals surface area contributed by atoms with E-state index in [1.54, 1.807) is 0 Å². The third kappa shape index (κ3) is 1.18. The first kappa shape index (κ1) is 7.61. The molecule has 4 heteroatoms. The zero-order chi connectivity index (χ0) is 8.39. The first-order valence-corrected chi connectivity index (χ1v) is 4.27. The van der Waals surface area contributed by atoms with Crippen molar-refractivity contribution in [2.45, 2.75) is 12.8 Å². The summed E-state index contributed by atoms with van der Waals surface area (Å²) in [6.45, 7) is 2.02. The Kier molecular flexibility index (Phi) is 1.99. The lowest BCUT2D eigenvalue weighted by Gasteiger charge is -1.97. The monoisotopic (exact) mass is 167 g/mol. The molecule has 0 saturated carbocycles. The third-order valence-electron chi connectivity index (χ3n) is 2.19. The molecule has 0 unspecified atom stereocenters. The van der Waals surface area contributed by atoms with Gasteiger partial charge in [-0.1, -0.05) is 5.16 Å². The molecule has 0 aromatic carbocycles. The highest BCUT2D eigenvalue weighted by Crippen LogP contribution is 2.21. The van der Waals surface area contributed by atoms with Gasteiger partial charge in [0.05, 0.1) is 5.69 Å². The van der Waals surface area contributed by atoms with Gasteiger partial charge in [0, 0.05) is 25.6 Å². The third-order valence-corrected chi connectivity index (χ3v) is 2.19. The maximum atomic E-state index is 5.13. The van der Waals surface area contributed by atoms with Crippen molar-refractivity contribution in [3.63, 3.8) is 0 Å². The molecule has 2 heterocycles. The number of fused-ring (bicyclic) bond motifs is 1. The normalized spacial score (nSPS) is 16.8. The van der Waals surface area contributed by atoms with Crippen molar-refractivity contribution >= 4 is 5.88 Å². The second-order valence-electron chi connectivity index (χ2n) is 2.94. The summed E-state index contributed by atoms with van der Waals surface area (Å²) in [7, 11) is 1.86. The smallest absolute Gasteiger partial charge is 0.227 e. The van der Waals surface area contributed by atoms with E-state index < -0.39 is 0 Å². The number of nitrogens with zero attached hydrogens (tertiary/aromatic N) is 1. The lowest BCUT2D eigenvalue weighted by molar-refractivity contribution is 0.423. The lowest BCUT2D eigenvalue weighted by atomic mass is 10.1. The summed E-state index contributed by atoms with van der Waals surface area (Å²) >= 11 is 0. The largest absolute Gasteiger partial charge is 0.357 e. The van der Waals surface area contributed by atoms with E-state index in [1.165, 1.54) is 5.56 Å². The number of hydrogen-bond donors (Lipinski definition) is 2. The van der Waals surface area contributed by atoms with Crippen LogP contribution in [0.2, 0.25) is 0 Å². The van der Waals surface area contributed by atoms with Gasteiger partial charge in [-0.3, -0.25) is 0 Å². The number of hydrogen-bond acceptors (Lipinski definition) is 4. The van der Waals surface area contributed by atoms with E-state index in [0.29, 0.717) is 0 Å². The van der Waals surface area contributed by atoms with Crippen molar-refractivity contribution < 1.29 is 4.52 Å². The van der Waals surface area contributed by atoms with Gasteiger partial charge < -0.3 is 15.2 Å². The minimum absolute atomic E-state index is 0.828. The van der Waals surface area contributed by atoms with E-state index in [2.05, 4.69) is 15.8 Å². The van der Waals surface area contributed by atoms with Gasteiger partial charge in [0.1, 0.15) is 0 Å². The van der Waals surface area contributed by atoms with Gasteiger partial charge in [0.2, 0.25) is 5.88 Å². The van der Waals surface area contributed by atoms with Crippen LogP contribution < -0.4 is 10.6 Å². The topological polar surface area (TPSA) is 50.1 Å². The first-order chi connectivity index (χ1) is 5.92. The minimum Gasteiger partial charge on any atom is -0.357 e. The second-order valence-corrected chi connectivity index (χ2v) is 2.94. The molecule has 1 aromatic heterocycles. The van der Waals surface area contributed by atoms with E-state index in [-0.39, 0.29) is 0 Å². The van der Waals surface area contributed by atoms with Gasteiger partial charge >= 0.3 is 0 Å². The molecule has 4 nitrogen and oxygen atoms in total. The summed E-state index contributed by atoms with van der Waals surface area (Å²) in [6, 6.07) is 0. The zero-order valence-electron chi connectivity index (χ0n) is 7.18. The molecule has 0 amide bonds. The number of anilines is 1. The highest BCUT2D eigenvalue weighted by atomic mass is 16.5. The molecule has 0 saturated heterocycles. The molecule has 0 spiro atoms. The van der Waals surface area contributed by atoms with Crippen LogP contribution in [0.4, 0.5) is 5.88 Å². The van der Waals surface area contributed by atoms with Crippen molar-refractivity contribution in [3.8, 4) is 0 Å². The van der Waals surface area contributed by atoms with Gasteiger partial charge in [0.15, 0.2) is 0 Å². The van der Waals surface area contributed by atoms with Crippen molar-refractivity contribution in [1.29, 1.82) is 0 Å². The quantitative estimate of drug-likeness (QED) is 0.636. The van der Waals surface area contributed by atoms with Gasteiger partial charge in [-0.2, -0.15) is 0 Å². The van der Waals surface area contributed by atoms with Crippen molar-refractivity contribution in [3.05, 3.63) is 11.3 Å². The molecule has 12 heavy (non-hydrogen) atoms. The van der Waals surface area contributed by atoms with Gasteiger partial charge in [-0.25, -0.2) is 0 Å². The van der Waals surface area contributed by atoms with E-state index >= 15 is 0 Å². The fourth-order valence-electron chi connectivity index (χ4n) is 1.54. The molecule has 0 fully saturated rings. The number of rotatable bonds is 1. The van der Waals surface area contributed by atoms with Crippen LogP contribution in [0.3, 0.4) is 0 Å². The van der Waals surface area contributed by atoms with Gasteiger partial charge in [-0.15, -0.1) is 0 Å². The fraction of sp³-hybridized carbons (Fsp3) is 0.625. The molecule has 0 aliphatic carbocycles. The van der Waals surface area contributed by atoms with Gasteiger partial charge in [0.25, 0.3) is 0 Å². The molecule has 1 aromatic rings. The molecule has 1 aliphatic heterocycles. The second kappa shape index (κ2) is 3.15. The van der Waals surface area contributed by atoms with Crippen molar-refractivity contribution in [2.75, 3.05) is 25.5 Å². The molecule has 2 N–H and O–H groups in total. The predicted octanol–water partition coefficient (Wildman–Crippen LogP) is 0.404. The van der Waals surface area contributed by atoms with Crippen LogP contribution in [0.1, 0.15) is 11.3 Å². The SMILES string of the molecule is CNc1onc2c1CCNCC2. The Hall–Kier alpha value is -1.03. The summed E-state index contributed by atoms with van der Waals surface area (Å²) in [4.78, 5) is 0. The summed E-state index contributed by atoms with van der Waals surface area (Å²) in [5.41, 5.74) is 2.34. The molecular weight excluding hydrogens is 154 g/mol. The Balaban J connectivity index is 2.32. The Morgan fingerprint density at radius 1 is 1.42 bits per heavy atom. The van der Waals surface area contributed by atoms with Crippen LogP contribution in [0.5, 0.6) is 0 Å². The summed E-state index contributed by atoms with van der Waals surface area (Å²) in [5, 5.41) is 10.3. The molecular formula is C8H13N3O. The van der Waals surface area contributed by atoms with Crippen LogP contribution in [0, 0.1) is 0 Å². The number of nitrogens with one attached hydrogen (secondary N) is 2. The van der Waals surface area contributed by atoms with Crippen LogP contribution in [0.25, 0.3) is 0 Å². The van der Waals surface area contributed by atoms with Crippen LogP contribution >= 0.6 is 0 Å². The highest BCUT2D eigenvalue weighted by Gasteiger charge is 2.16. The maximum Gasteiger partial charge on any atom is 0.227 e. The Morgan fingerprint density at radius 2 is 2.25 bits per heavy atom. The summed E-state index contributed by atoms with van der Waals surface area (Å²) in [5.74, 6) is 0.828. The number of aromatic nitrogens is 1. The van der Waals surface area contributed by atoms with Gasteiger partial charge in [-0.05, 0) is 13.0 Å². The maximum absolute atomic E-state index is 5.13. The average Bonchev–Trinajstić information content (AvgIpc) is 2.33. The highest BCUT2D eigenvalue weighted by molar-refractivity contribution is 5.43. The lowest BCUT2D eigenvalue weighted by Crippen LogP contribution is -2.16. The minimum atomic E-state index is 0.828. The molecule has 0 radical (unpaired) electrons. The Morgan fingerprint density at radius 3 is 3.08 bits per heavy atom. The molecule has 1 aliphatic rings. The van der Waals surface area contributed by atoms with Crippen molar-refractivity contribution in [2.24, 2.45) is 0 Å². The van der Waals surface area contributed by atoms with Crippen LogP contribution in [-0.2, 0) is 12.8 Å². The molecule has 0 atom stereocenters. The average molecular weight is 167 g/mol. The fourth-order valence-corrected chi connectivity index (χ4v) is 1.54. The van der Waals surface area contributed by atoms with Crippen LogP contribution in [0.15, 0.2) is 4.52 Å². The zero-order valence-corrected chi connectivity index (χ0v) is 7.18. The summed E-state index contributed by atoms with van der Waals surface area (Å²) in [6.07, 6.45) is 1.98. The Labute approximate surface area is 71.3 Å². The van der Waals surface area contributed by atoms with E-state index in [4.69, 9.17) is 4.52 Å². The molecule has 66 valence electrons. The van der Waals surface area contributed by atoms with E-state index in [9.17, 15) is 0 Å². The predicted molar refractivity (Wildman–Crippen MR) is 46.3 cm³/mol. The van der Waals surface area contributed by atoms with E-state index in [1.807, 2.05) is 7.05 Å². The Bertz CT molecular complexity index is 269. The molecule has 0 bridgehead atoms.